The fourth-order valence-corrected chi connectivity index (χ4v) is 3.57. The molecule has 1 aliphatic carbocycles. The Balaban J connectivity index is 1.45. The highest BCUT2D eigenvalue weighted by molar-refractivity contribution is 7.99. The van der Waals surface area contributed by atoms with E-state index in [2.05, 4.69) is 27.8 Å². The Morgan fingerprint density at radius 1 is 1.31 bits per heavy atom. The summed E-state index contributed by atoms with van der Waals surface area (Å²) in [6.45, 7) is 3.92. The molecule has 0 saturated heterocycles. The second kappa shape index (κ2) is 8.39. The summed E-state index contributed by atoms with van der Waals surface area (Å²) in [5, 5.41) is 13.3. The number of amides is 3. The standard InChI is InChI=1S/C17H22N4O4S/c1-10-5-3-4-6-13(10)18-16(23)19-14(22)9-26-17-21-20-15(25-17)12-7-8-24-11(12)2/h7-8,10,13H,3-6,9H2,1-2H3,(H2,18,19,22,23)/t10-,13-/m1/s1. The molecule has 8 nitrogen and oxygen atoms in total. The molecule has 9 heteroatoms. The number of nitrogens with zero attached hydrogens (tertiary/aromatic N) is 2. The molecule has 0 bridgehead atoms. The van der Waals surface area contributed by atoms with Crippen molar-refractivity contribution in [2.24, 2.45) is 5.92 Å². The molecule has 2 aromatic rings. The lowest BCUT2D eigenvalue weighted by atomic mass is 9.86. The predicted molar refractivity (Wildman–Crippen MR) is 95.6 cm³/mol. The molecule has 3 rings (SSSR count). The maximum Gasteiger partial charge on any atom is 0.321 e. The summed E-state index contributed by atoms with van der Waals surface area (Å²) < 4.78 is 10.7. The molecule has 1 aliphatic rings. The van der Waals surface area contributed by atoms with Gasteiger partial charge < -0.3 is 14.2 Å². The third-order valence-electron chi connectivity index (χ3n) is 4.50. The summed E-state index contributed by atoms with van der Waals surface area (Å²) in [4.78, 5) is 23.9. The van der Waals surface area contributed by atoms with Gasteiger partial charge in [-0.15, -0.1) is 10.2 Å². The molecule has 2 heterocycles. The maximum absolute atomic E-state index is 12.0. The zero-order chi connectivity index (χ0) is 18.5. The zero-order valence-electron chi connectivity index (χ0n) is 14.8. The van der Waals surface area contributed by atoms with Crippen molar-refractivity contribution in [2.45, 2.75) is 50.8 Å². The van der Waals surface area contributed by atoms with E-state index >= 15 is 0 Å². The van der Waals surface area contributed by atoms with Crippen molar-refractivity contribution in [1.29, 1.82) is 0 Å². The van der Waals surface area contributed by atoms with Crippen LogP contribution in [0.3, 0.4) is 0 Å². The number of furan rings is 1. The quantitative estimate of drug-likeness (QED) is 0.769. The number of nitrogens with one attached hydrogen (secondary N) is 2. The van der Waals surface area contributed by atoms with Gasteiger partial charge in [-0.05, 0) is 31.7 Å². The van der Waals surface area contributed by atoms with Gasteiger partial charge in [0.1, 0.15) is 5.76 Å². The van der Waals surface area contributed by atoms with Crippen LogP contribution in [0.15, 0.2) is 26.4 Å². The van der Waals surface area contributed by atoms with Crippen LogP contribution in [0, 0.1) is 12.8 Å². The molecule has 0 unspecified atom stereocenters. The van der Waals surface area contributed by atoms with Crippen LogP contribution in [0.25, 0.3) is 11.5 Å². The number of hydrogen-bond acceptors (Lipinski definition) is 7. The van der Waals surface area contributed by atoms with Crippen LogP contribution in [0.2, 0.25) is 0 Å². The summed E-state index contributed by atoms with van der Waals surface area (Å²) in [6.07, 6.45) is 5.90. The number of rotatable bonds is 5. The van der Waals surface area contributed by atoms with E-state index in [-0.39, 0.29) is 17.0 Å². The number of thioether (sulfide) groups is 1. The van der Waals surface area contributed by atoms with Gasteiger partial charge in [-0.3, -0.25) is 10.1 Å². The van der Waals surface area contributed by atoms with E-state index < -0.39 is 11.9 Å². The molecule has 1 saturated carbocycles. The van der Waals surface area contributed by atoms with Gasteiger partial charge in [0.05, 0.1) is 17.6 Å². The van der Waals surface area contributed by atoms with Gasteiger partial charge >= 0.3 is 6.03 Å². The van der Waals surface area contributed by atoms with Crippen LogP contribution in [-0.4, -0.2) is 33.9 Å². The third-order valence-corrected chi connectivity index (χ3v) is 5.32. The summed E-state index contributed by atoms with van der Waals surface area (Å²) in [7, 11) is 0. The van der Waals surface area contributed by atoms with Crippen molar-refractivity contribution in [3.63, 3.8) is 0 Å². The highest BCUT2D eigenvalue weighted by atomic mass is 32.2. The second-order valence-corrected chi connectivity index (χ2v) is 7.37. The molecule has 140 valence electrons. The van der Waals surface area contributed by atoms with Gasteiger partial charge in [0.25, 0.3) is 11.1 Å². The molecule has 0 aromatic carbocycles. The minimum absolute atomic E-state index is 0.0135. The van der Waals surface area contributed by atoms with Gasteiger partial charge in [0.2, 0.25) is 5.91 Å². The van der Waals surface area contributed by atoms with E-state index in [1.807, 2.05) is 0 Å². The van der Waals surface area contributed by atoms with E-state index in [1.165, 1.54) is 6.42 Å². The molecule has 0 radical (unpaired) electrons. The lowest BCUT2D eigenvalue weighted by Crippen LogP contribution is -2.48. The van der Waals surface area contributed by atoms with Gasteiger partial charge in [0.15, 0.2) is 0 Å². The van der Waals surface area contributed by atoms with Crippen LogP contribution in [0.1, 0.15) is 38.4 Å². The Morgan fingerprint density at radius 2 is 2.12 bits per heavy atom. The van der Waals surface area contributed by atoms with Gasteiger partial charge in [0, 0.05) is 6.04 Å². The van der Waals surface area contributed by atoms with Crippen molar-refractivity contribution >= 4 is 23.7 Å². The number of aromatic nitrogens is 2. The van der Waals surface area contributed by atoms with Crippen LogP contribution >= 0.6 is 11.8 Å². The SMILES string of the molecule is Cc1occc1-c1nnc(SCC(=O)NC(=O)N[C@@H]2CCCC[C@H]2C)o1. The number of imide groups is 1. The lowest BCUT2D eigenvalue weighted by Gasteiger charge is -2.29. The molecule has 1 fully saturated rings. The third kappa shape index (κ3) is 4.66. The van der Waals surface area contributed by atoms with Crippen LogP contribution in [-0.2, 0) is 4.79 Å². The average Bonchev–Trinajstić information content (AvgIpc) is 3.23. The molecular weight excluding hydrogens is 356 g/mol. The van der Waals surface area contributed by atoms with Crippen molar-refractivity contribution in [3.8, 4) is 11.5 Å². The fraction of sp³-hybridized carbons (Fsp3) is 0.529. The number of carbonyl (C=O) groups is 2. The maximum atomic E-state index is 12.0. The molecule has 3 amide bonds. The van der Waals surface area contributed by atoms with Gasteiger partial charge in [-0.1, -0.05) is 31.5 Å². The Labute approximate surface area is 155 Å². The smallest absolute Gasteiger partial charge is 0.321 e. The summed E-state index contributed by atoms with van der Waals surface area (Å²) in [5.74, 6) is 1.05. The van der Waals surface area contributed by atoms with Crippen LogP contribution < -0.4 is 10.6 Å². The molecule has 2 atom stereocenters. The van der Waals surface area contributed by atoms with Crippen molar-refractivity contribution < 1.29 is 18.4 Å². The van der Waals surface area contributed by atoms with E-state index in [0.717, 1.165) is 36.6 Å². The van der Waals surface area contributed by atoms with E-state index in [1.54, 1.807) is 19.3 Å². The highest BCUT2D eigenvalue weighted by Gasteiger charge is 2.23. The Hall–Kier alpha value is -2.29. The van der Waals surface area contributed by atoms with Gasteiger partial charge in [-0.2, -0.15) is 0 Å². The molecule has 0 aliphatic heterocycles. The molecule has 0 spiro atoms. The summed E-state index contributed by atoms with van der Waals surface area (Å²) >= 11 is 1.08. The second-order valence-electron chi connectivity index (χ2n) is 6.44. The Bertz CT molecular complexity index is 772. The topological polar surface area (TPSA) is 110 Å². The first-order valence-electron chi connectivity index (χ1n) is 8.64. The first-order chi connectivity index (χ1) is 12.5. The molecule has 2 aromatic heterocycles. The monoisotopic (exact) mass is 378 g/mol. The van der Waals surface area contributed by atoms with Crippen LogP contribution in [0.5, 0.6) is 0 Å². The first-order valence-corrected chi connectivity index (χ1v) is 9.62. The first kappa shape index (κ1) is 18.5. The van der Waals surface area contributed by atoms with Crippen molar-refractivity contribution in [3.05, 3.63) is 18.1 Å². The molecule has 2 N–H and O–H groups in total. The van der Waals surface area contributed by atoms with Crippen molar-refractivity contribution in [2.75, 3.05) is 5.75 Å². The van der Waals surface area contributed by atoms with E-state index in [4.69, 9.17) is 8.83 Å². The molecule has 26 heavy (non-hydrogen) atoms. The van der Waals surface area contributed by atoms with E-state index in [0.29, 0.717) is 17.6 Å². The minimum Gasteiger partial charge on any atom is -0.469 e. The fourth-order valence-electron chi connectivity index (χ4n) is 3.01. The number of aryl methyl sites for hydroxylation is 1. The lowest BCUT2D eigenvalue weighted by molar-refractivity contribution is -0.117. The van der Waals surface area contributed by atoms with Crippen molar-refractivity contribution in [1.82, 2.24) is 20.8 Å². The minimum atomic E-state index is -0.449. The zero-order valence-corrected chi connectivity index (χ0v) is 15.6. The number of urea groups is 1. The summed E-state index contributed by atoms with van der Waals surface area (Å²) in [6, 6.07) is 1.41. The predicted octanol–water partition coefficient (Wildman–Crippen LogP) is 3.13. The molecular formula is C17H22N4O4S. The largest absolute Gasteiger partial charge is 0.469 e. The summed E-state index contributed by atoms with van der Waals surface area (Å²) in [5.41, 5.74) is 0.717. The van der Waals surface area contributed by atoms with E-state index in [9.17, 15) is 9.59 Å². The Kier molecular flexibility index (Phi) is 5.97. The average molecular weight is 378 g/mol. The van der Waals surface area contributed by atoms with Crippen LogP contribution in [0.4, 0.5) is 4.79 Å². The highest BCUT2D eigenvalue weighted by Crippen LogP contribution is 2.26. The number of carbonyl (C=O) groups excluding carboxylic acids is 2. The Morgan fingerprint density at radius 3 is 2.85 bits per heavy atom. The normalized spacial score (nSPS) is 19.9. The number of hydrogen-bond donors (Lipinski definition) is 2. The van der Waals surface area contributed by atoms with Gasteiger partial charge in [-0.25, -0.2) is 4.79 Å².